The Hall–Kier alpha value is -2.10. The standard InChI is InChI=1S/C16H20N2O2/c1-5-14(13-8-6-10(2)7-9-13)17-16(19)15-11(3)18-20-12(15)4/h6-9,14H,5H2,1-4H3,(H,17,19)/t14-/m1/s1. The monoisotopic (exact) mass is 272 g/mol. The summed E-state index contributed by atoms with van der Waals surface area (Å²) in [4.78, 5) is 12.3. The first-order chi connectivity index (χ1) is 9.52. The summed E-state index contributed by atoms with van der Waals surface area (Å²) in [7, 11) is 0. The number of benzene rings is 1. The van der Waals surface area contributed by atoms with Crippen LogP contribution in [0.3, 0.4) is 0 Å². The van der Waals surface area contributed by atoms with Crippen LogP contribution in [0.15, 0.2) is 28.8 Å². The van der Waals surface area contributed by atoms with E-state index in [1.165, 1.54) is 5.56 Å². The van der Waals surface area contributed by atoms with Crippen molar-refractivity contribution in [3.05, 3.63) is 52.4 Å². The van der Waals surface area contributed by atoms with Crippen molar-refractivity contribution < 1.29 is 9.32 Å². The van der Waals surface area contributed by atoms with E-state index in [2.05, 4.69) is 41.7 Å². The van der Waals surface area contributed by atoms with Crippen molar-refractivity contribution in [1.29, 1.82) is 0 Å². The summed E-state index contributed by atoms with van der Waals surface area (Å²) < 4.78 is 5.04. The first-order valence-electron chi connectivity index (χ1n) is 6.83. The van der Waals surface area contributed by atoms with Gasteiger partial charge >= 0.3 is 0 Å². The summed E-state index contributed by atoms with van der Waals surface area (Å²) in [6.45, 7) is 7.63. The second-order valence-corrected chi connectivity index (χ2v) is 5.04. The smallest absolute Gasteiger partial charge is 0.257 e. The van der Waals surface area contributed by atoms with Crippen LogP contribution in [0.4, 0.5) is 0 Å². The minimum Gasteiger partial charge on any atom is -0.361 e. The van der Waals surface area contributed by atoms with Gasteiger partial charge in [-0.1, -0.05) is 41.9 Å². The molecule has 0 radical (unpaired) electrons. The van der Waals surface area contributed by atoms with Crippen LogP contribution in [-0.4, -0.2) is 11.1 Å². The molecule has 0 unspecified atom stereocenters. The Labute approximate surface area is 119 Å². The van der Waals surface area contributed by atoms with Crippen molar-refractivity contribution >= 4 is 5.91 Å². The van der Waals surface area contributed by atoms with E-state index in [1.54, 1.807) is 13.8 Å². The molecule has 0 aliphatic heterocycles. The van der Waals surface area contributed by atoms with Gasteiger partial charge in [0.05, 0.1) is 11.7 Å². The van der Waals surface area contributed by atoms with E-state index in [-0.39, 0.29) is 11.9 Å². The SMILES string of the molecule is CC[C@@H](NC(=O)c1c(C)noc1C)c1ccc(C)cc1. The summed E-state index contributed by atoms with van der Waals surface area (Å²) in [6.07, 6.45) is 0.832. The summed E-state index contributed by atoms with van der Waals surface area (Å²) >= 11 is 0. The lowest BCUT2D eigenvalue weighted by Gasteiger charge is -2.17. The molecule has 2 aromatic rings. The van der Waals surface area contributed by atoms with Crippen molar-refractivity contribution in [1.82, 2.24) is 10.5 Å². The van der Waals surface area contributed by atoms with Crippen LogP contribution in [0.25, 0.3) is 0 Å². The molecule has 0 bridgehead atoms. The zero-order chi connectivity index (χ0) is 14.7. The van der Waals surface area contributed by atoms with Gasteiger partial charge in [0.15, 0.2) is 0 Å². The highest BCUT2D eigenvalue weighted by Crippen LogP contribution is 2.19. The highest BCUT2D eigenvalue weighted by Gasteiger charge is 2.20. The van der Waals surface area contributed by atoms with E-state index < -0.39 is 0 Å². The maximum Gasteiger partial charge on any atom is 0.257 e. The lowest BCUT2D eigenvalue weighted by atomic mass is 10.0. The second kappa shape index (κ2) is 5.90. The van der Waals surface area contributed by atoms with E-state index in [4.69, 9.17) is 4.52 Å². The minimum atomic E-state index is -0.131. The molecule has 0 saturated heterocycles. The topological polar surface area (TPSA) is 55.1 Å². The van der Waals surface area contributed by atoms with Crippen molar-refractivity contribution in [3.8, 4) is 0 Å². The lowest BCUT2D eigenvalue weighted by Crippen LogP contribution is -2.28. The number of nitrogens with zero attached hydrogens (tertiary/aromatic N) is 1. The fraction of sp³-hybridized carbons (Fsp3) is 0.375. The highest BCUT2D eigenvalue weighted by molar-refractivity contribution is 5.96. The van der Waals surface area contributed by atoms with Gasteiger partial charge in [0.1, 0.15) is 11.3 Å². The molecule has 0 spiro atoms. The number of carbonyl (C=O) groups is 1. The summed E-state index contributed by atoms with van der Waals surface area (Å²) in [5, 5.41) is 6.87. The highest BCUT2D eigenvalue weighted by atomic mass is 16.5. The summed E-state index contributed by atoms with van der Waals surface area (Å²) in [6, 6.07) is 8.21. The molecule has 1 aromatic heterocycles. The largest absolute Gasteiger partial charge is 0.361 e. The van der Waals surface area contributed by atoms with Crippen LogP contribution in [0, 0.1) is 20.8 Å². The van der Waals surface area contributed by atoms with Crippen molar-refractivity contribution in [3.63, 3.8) is 0 Å². The predicted octanol–water partition coefficient (Wildman–Crippen LogP) is 3.48. The number of aryl methyl sites for hydroxylation is 3. The van der Waals surface area contributed by atoms with Gasteiger partial charge in [-0.3, -0.25) is 4.79 Å². The van der Waals surface area contributed by atoms with Gasteiger partial charge in [-0.25, -0.2) is 0 Å². The fourth-order valence-corrected chi connectivity index (χ4v) is 2.26. The van der Waals surface area contributed by atoms with Crippen LogP contribution in [0.2, 0.25) is 0 Å². The molecular formula is C16H20N2O2. The van der Waals surface area contributed by atoms with E-state index in [0.717, 1.165) is 12.0 Å². The van der Waals surface area contributed by atoms with Gasteiger partial charge in [-0.05, 0) is 32.8 Å². The van der Waals surface area contributed by atoms with Gasteiger partial charge < -0.3 is 9.84 Å². The molecule has 20 heavy (non-hydrogen) atoms. The normalized spacial score (nSPS) is 12.2. The molecule has 4 nitrogen and oxygen atoms in total. The van der Waals surface area contributed by atoms with Crippen molar-refractivity contribution in [2.24, 2.45) is 0 Å². The Kier molecular flexibility index (Phi) is 4.23. The quantitative estimate of drug-likeness (QED) is 0.927. The lowest BCUT2D eigenvalue weighted by molar-refractivity contribution is 0.0933. The molecule has 106 valence electrons. The third kappa shape index (κ3) is 2.90. The van der Waals surface area contributed by atoms with E-state index in [9.17, 15) is 4.79 Å². The average molecular weight is 272 g/mol. The molecule has 1 atom stereocenters. The number of carbonyl (C=O) groups excluding carboxylic acids is 1. The Balaban J connectivity index is 2.18. The Bertz CT molecular complexity index is 580. The number of rotatable bonds is 4. The van der Waals surface area contributed by atoms with Gasteiger partial charge in [0, 0.05) is 0 Å². The second-order valence-electron chi connectivity index (χ2n) is 5.04. The van der Waals surface area contributed by atoms with Gasteiger partial charge in [-0.15, -0.1) is 0 Å². The molecule has 1 heterocycles. The van der Waals surface area contributed by atoms with Crippen LogP contribution >= 0.6 is 0 Å². The minimum absolute atomic E-state index is 0.00296. The molecular weight excluding hydrogens is 252 g/mol. The zero-order valence-corrected chi connectivity index (χ0v) is 12.4. The van der Waals surface area contributed by atoms with E-state index in [1.807, 2.05) is 6.92 Å². The Morgan fingerprint density at radius 3 is 2.40 bits per heavy atom. The van der Waals surface area contributed by atoms with Crippen LogP contribution in [-0.2, 0) is 0 Å². The third-order valence-electron chi connectivity index (χ3n) is 3.45. The van der Waals surface area contributed by atoms with E-state index in [0.29, 0.717) is 17.0 Å². The number of hydrogen-bond acceptors (Lipinski definition) is 3. The van der Waals surface area contributed by atoms with Gasteiger partial charge in [-0.2, -0.15) is 0 Å². The number of amides is 1. The molecule has 1 aromatic carbocycles. The van der Waals surface area contributed by atoms with Crippen LogP contribution < -0.4 is 5.32 Å². The third-order valence-corrected chi connectivity index (χ3v) is 3.45. The molecule has 0 fully saturated rings. The van der Waals surface area contributed by atoms with Crippen molar-refractivity contribution in [2.75, 3.05) is 0 Å². The Morgan fingerprint density at radius 1 is 1.25 bits per heavy atom. The maximum absolute atomic E-state index is 12.3. The van der Waals surface area contributed by atoms with Gasteiger partial charge in [0.2, 0.25) is 0 Å². The molecule has 0 aliphatic rings. The van der Waals surface area contributed by atoms with Crippen molar-refractivity contribution in [2.45, 2.75) is 40.2 Å². The number of hydrogen-bond donors (Lipinski definition) is 1. The van der Waals surface area contributed by atoms with Crippen LogP contribution in [0.5, 0.6) is 0 Å². The number of aromatic nitrogens is 1. The molecule has 1 N–H and O–H groups in total. The number of nitrogens with one attached hydrogen (secondary N) is 1. The molecule has 0 saturated carbocycles. The molecule has 2 rings (SSSR count). The molecule has 4 heteroatoms. The first kappa shape index (κ1) is 14.3. The predicted molar refractivity (Wildman–Crippen MR) is 77.7 cm³/mol. The molecule has 1 amide bonds. The Morgan fingerprint density at radius 2 is 1.90 bits per heavy atom. The van der Waals surface area contributed by atoms with E-state index >= 15 is 0 Å². The fourth-order valence-electron chi connectivity index (χ4n) is 2.26. The van der Waals surface area contributed by atoms with Crippen LogP contribution in [0.1, 0.15) is 52.3 Å². The maximum atomic E-state index is 12.3. The van der Waals surface area contributed by atoms with Gasteiger partial charge in [0.25, 0.3) is 5.91 Å². The molecule has 0 aliphatic carbocycles. The average Bonchev–Trinajstić information content (AvgIpc) is 2.76. The zero-order valence-electron chi connectivity index (χ0n) is 12.4. The first-order valence-corrected chi connectivity index (χ1v) is 6.83. The summed E-state index contributed by atoms with van der Waals surface area (Å²) in [5.41, 5.74) is 3.48. The summed E-state index contributed by atoms with van der Waals surface area (Å²) in [5.74, 6) is 0.424.